The summed E-state index contributed by atoms with van der Waals surface area (Å²) in [7, 11) is 0. The number of nitrogens with zero attached hydrogens (tertiary/aromatic N) is 1. The average molecular weight is 287 g/mol. The molecule has 0 unspecified atom stereocenters. The number of hydrogen-bond acceptors (Lipinski definition) is 2. The highest BCUT2D eigenvalue weighted by atomic mass is 19.1. The molecule has 0 aliphatic heterocycles. The van der Waals surface area contributed by atoms with E-state index in [-0.39, 0.29) is 11.6 Å². The first-order chi connectivity index (χ1) is 10.2. The molecule has 0 aliphatic rings. The van der Waals surface area contributed by atoms with Crippen LogP contribution < -0.4 is 5.32 Å². The number of halogens is 2. The van der Waals surface area contributed by atoms with Crippen molar-refractivity contribution >= 4 is 11.0 Å². The number of aromatic amines is 1. The summed E-state index contributed by atoms with van der Waals surface area (Å²) in [5.41, 5.74) is 2.51. The fourth-order valence-corrected chi connectivity index (χ4v) is 2.19. The number of H-pyrrole nitrogens is 1. The van der Waals surface area contributed by atoms with E-state index in [0.29, 0.717) is 12.1 Å². The van der Waals surface area contributed by atoms with Gasteiger partial charge in [-0.1, -0.05) is 12.1 Å². The summed E-state index contributed by atoms with van der Waals surface area (Å²) < 4.78 is 25.8. The molecule has 0 amide bonds. The summed E-state index contributed by atoms with van der Waals surface area (Å²) in [4.78, 5) is 7.50. The van der Waals surface area contributed by atoms with Crippen molar-refractivity contribution in [3.8, 4) is 0 Å². The Morgan fingerprint density at radius 2 is 1.76 bits per heavy atom. The number of imidazole rings is 1. The molecule has 0 radical (unpaired) electrons. The normalized spacial score (nSPS) is 11.1. The number of fused-ring (bicyclic) bond motifs is 1. The first kappa shape index (κ1) is 13.7. The molecule has 21 heavy (non-hydrogen) atoms. The lowest BCUT2D eigenvalue weighted by molar-refractivity contribution is 0.624. The molecule has 1 heterocycles. The Labute approximate surface area is 121 Å². The lowest BCUT2D eigenvalue weighted by Crippen LogP contribution is -2.17. The van der Waals surface area contributed by atoms with Crippen LogP contribution in [0, 0.1) is 11.6 Å². The van der Waals surface area contributed by atoms with Gasteiger partial charge in [0.15, 0.2) is 0 Å². The molecule has 2 aromatic carbocycles. The quantitative estimate of drug-likeness (QED) is 0.708. The molecule has 0 bridgehead atoms. The molecule has 108 valence electrons. The SMILES string of the molecule is Fc1ccc(CNCCc2nc3ccc(F)cc3[nH]2)cc1. The minimum atomic E-state index is -0.271. The molecule has 1 aromatic heterocycles. The topological polar surface area (TPSA) is 40.7 Å². The van der Waals surface area contributed by atoms with E-state index < -0.39 is 0 Å². The highest BCUT2D eigenvalue weighted by Crippen LogP contribution is 2.13. The molecule has 0 atom stereocenters. The standard InChI is InChI=1S/C16H15F2N3/c17-12-3-1-11(2-4-12)10-19-8-7-16-20-14-6-5-13(18)9-15(14)21-16/h1-6,9,19H,7-8,10H2,(H,20,21). The number of hydrogen-bond donors (Lipinski definition) is 2. The van der Waals surface area contributed by atoms with Gasteiger partial charge in [0.1, 0.15) is 17.5 Å². The van der Waals surface area contributed by atoms with E-state index in [2.05, 4.69) is 15.3 Å². The van der Waals surface area contributed by atoms with Crippen LogP contribution in [0.2, 0.25) is 0 Å². The van der Waals surface area contributed by atoms with Crippen LogP contribution in [-0.2, 0) is 13.0 Å². The molecular formula is C16H15F2N3. The number of benzene rings is 2. The summed E-state index contributed by atoms with van der Waals surface area (Å²) in [5, 5.41) is 3.27. The second kappa shape index (κ2) is 6.01. The minimum Gasteiger partial charge on any atom is -0.342 e. The third kappa shape index (κ3) is 3.44. The molecular weight excluding hydrogens is 272 g/mol. The predicted molar refractivity (Wildman–Crippen MR) is 77.9 cm³/mol. The maximum absolute atomic E-state index is 13.1. The van der Waals surface area contributed by atoms with Gasteiger partial charge in [-0.05, 0) is 35.9 Å². The lowest BCUT2D eigenvalue weighted by atomic mass is 10.2. The van der Waals surface area contributed by atoms with Crippen LogP contribution in [0.25, 0.3) is 11.0 Å². The van der Waals surface area contributed by atoms with Crippen molar-refractivity contribution in [2.24, 2.45) is 0 Å². The van der Waals surface area contributed by atoms with Crippen molar-refractivity contribution in [1.82, 2.24) is 15.3 Å². The van der Waals surface area contributed by atoms with Gasteiger partial charge in [-0.3, -0.25) is 0 Å². The molecule has 0 fully saturated rings. The van der Waals surface area contributed by atoms with E-state index in [4.69, 9.17) is 0 Å². The Kier molecular flexibility index (Phi) is 3.92. The zero-order valence-corrected chi connectivity index (χ0v) is 11.4. The number of rotatable bonds is 5. The summed E-state index contributed by atoms with van der Waals surface area (Å²) >= 11 is 0. The van der Waals surface area contributed by atoms with Crippen molar-refractivity contribution in [1.29, 1.82) is 0 Å². The second-order valence-electron chi connectivity index (χ2n) is 4.90. The zero-order chi connectivity index (χ0) is 14.7. The fraction of sp³-hybridized carbons (Fsp3) is 0.188. The molecule has 0 saturated carbocycles. The van der Waals surface area contributed by atoms with E-state index in [9.17, 15) is 8.78 Å². The van der Waals surface area contributed by atoms with Crippen LogP contribution in [0.4, 0.5) is 8.78 Å². The molecule has 3 rings (SSSR count). The third-order valence-corrected chi connectivity index (χ3v) is 3.27. The van der Waals surface area contributed by atoms with Crippen LogP contribution in [0.15, 0.2) is 42.5 Å². The summed E-state index contributed by atoms with van der Waals surface area (Å²) in [5.74, 6) is 0.322. The maximum Gasteiger partial charge on any atom is 0.125 e. The van der Waals surface area contributed by atoms with Gasteiger partial charge in [-0.25, -0.2) is 13.8 Å². The highest BCUT2D eigenvalue weighted by Gasteiger charge is 2.03. The van der Waals surface area contributed by atoms with Gasteiger partial charge >= 0.3 is 0 Å². The molecule has 3 nitrogen and oxygen atoms in total. The summed E-state index contributed by atoms with van der Waals surface area (Å²) in [6.07, 6.45) is 0.720. The summed E-state index contributed by atoms with van der Waals surface area (Å²) in [6, 6.07) is 10.9. The second-order valence-corrected chi connectivity index (χ2v) is 4.90. The van der Waals surface area contributed by atoms with Crippen molar-refractivity contribution in [2.45, 2.75) is 13.0 Å². The first-order valence-electron chi connectivity index (χ1n) is 6.80. The summed E-state index contributed by atoms with van der Waals surface area (Å²) in [6.45, 7) is 1.41. The van der Waals surface area contributed by atoms with E-state index in [1.54, 1.807) is 18.2 Å². The van der Waals surface area contributed by atoms with Gasteiger partial charge in [-0.2, -0.15) is 0 Å². The molecule has 3 aromatic rings. The maximum atomic E-state index is 13.1. The van der Waals surface area contributed by atoms with Crippen LogP contribution in [0.5, 0.6) is 0 Å². The Morgan fingerprint density at radius 3 is 2.57 bits per heavy atom. The van der Waals surface area contributed by atoms with Crippen LogP contribution in [0.1, 0.15) is 11.4 Å². The molecule has 0 aliphatic carbocycles. The van der Waals surface area contributed by atoms with E-state index in [1.165, 1.54) is 24.3 Å². The Balaban J connectivity index is 1.53. The zero-order valence-electron chi connectivity index (χ0n) is 11.4. The van der Waals surface area contributed by atoms with Crippen LogP contribution >= 0.6 is 0 Å². The van der Waals surface area contributed by atoms with Crippen molar-refractivity contribution in [3.05, 3.63) is 65.5 Å². The first-order valence-corrected chi connectivity index (χ1v) is 6.80. The van der Waals surface area contributed by atoms with Crippen molar-refractivity contribution < 1.29 is 8.78 Å². The van der Waals surface area contributed by atoms with Gasteiger partial charge in [0.25, 0.3) is 0 Å². The Bertz CT molecular complexity index is 735. The Hall–Kier alpha value is -2.27. The molecule has 0 spiro atoms. The van der Waals surface area contributed by atoms with Gasteiger partial charge in [0.05, 0.1) is 11.0 Å². The monoisotopic (exact) mass is 287 g/mol. The van der Waals surface area contributed by atoms with Gasteiger partial charge in [-0.15, -0.1) is 0 Å². The average Bonchev–Trinajstić information content (AvgIpc) is 2.87. The predicted octanol–water partition coefficient (Wildman–Crippen LogP) is 3.17. The van der Waals surface area contributed by atoms with Gasteiger partial charge in [0.2, 0.25) is 0 Å². The van der Waals surface area contributed by atoms with Crippen LogP contribution in [0.3, 0.4) is 0 Å². The van der Waals surface area contributed by atoms with Crippen molar-refractivity contribution in [2.75, 3.05) is 6.54 Å². The van der Waals surface area contributed by atoms with Crippen LogP contribution in [-0.4, -0.2) is 16.5 Å². The van der Waals surface area contributed by atoms with Gasteiger partial charge < -0.3 is 10.3 Å². The highest BCUT2D eigenvalue weighted by molar-refractivity contribution is 5.74. The molecule has 2 N–H and O–H groups in total. The van der Waals surface area contributed by atoms with Gasteiger partial charge in [0, 0.05) is 19.5 Å². The lowest BCUT2D eigenvalue weighted by Gasteiger charge is -2.03. The minimum absolute atomic E-state index is 0.228. The Morgan fingerprint density at radius 1 is 1.00 bits per heavy atom. The largest absolute Gasteiger partial charge is 0.342 e. The molecule has 0 saturated heterocycles. The van der Waals surface area contributed by atoms with E-state index in [0.717, 1.165) is 29.9 Å². The third-order valence-electron chi connectivity index (χ3n) is 3.27. The fourth-order valence-electron chi connectivity index (χ4n) is 2.19. The van der Waals surface area contributed by atoms with E-state index >= 15 is 0 Å². The number of nitrogens with one attached hydrogen (secondary N) is 2. The van der Waals surface area contributed by atoms with Crippen molar-refractivity contribution in [3.63, 3.8) is 0 Å². The molecule has 5 heteroatoms. The smallest absolute Gasteiger partial charge is 0.125 e. The number of aromatic nitrogens is 2. The van der Waals surface area contributed by atoms with E-state index in [1.807, 2.05) is 0 Å².